The van der Waals surface area contributed by atoms with Gasteiger partial charge in [-0.3, -0.25) is 9.59 Å². The van der Waals surface area contributed by atoms with Crippen LogP contribution in [0.25, 0.3) is 0 Å². The maximum atomic E-state index is 13.0. The van der Waals surface area contributed by atoms with Gasteiger partial charge in [0.2, 0.25) is 12.3 Å². The van der Waals surface area contributed by atoms with Crippen LogP contribution in [0.15, 0.2) is 42.5 Å². The lowest BCUT2D eigenvalue weighted by molar-refractivity contribution is -0.124. The molecule has 7 heteroatoms. The van der Waals surface area contributed by atoms with Crippen LogP contribution in [0.4, 0.5) is 4.39 Å². The van der Waals surface area contributed by atoms with E-state index < -0.39 is 0 Å². The second kappa shape index (κ2) is 24.7. The van der Waals surface area contributed by atoms with Gasteiger partial charge in [0.15, 0.2) is 0 Å². The smallest absolute Gasteiger partial charge is 0.223 e. The second-order valence-electron chi connectivity index (χ2n) is 9.42. The molecule has 2 rings (SSSR count). The lowest BCUT2D eigenvalue weighted by Crippen LogP contribution is -2.26. The van der Waals surface area contributed by atoms with E-state index in [1.54, 1.807) is 13.1 Å². The zero-order valence-electron chi connectivity index (χ0n) is 25.2. The van der Waals surface area contributed by atoms with E-state index in [1.807, 2.05) is 13.8 Å². The molecule has 0 bridgehead atoms. The Morgan fingerprint density at radius 2 is 1.82 bits per heavy atom. The molecule has 0 fully saturated rings. The predicted molar refractivity (Wildman–Crippen MR) is 164 cm³/mol. The van der Waals surface area contributed by atoms with Gasteiger partial charge < -0.3 is 20.7 Å². The standard InChI is InChI=1S/C13H21N.C12H16FNO2.C8H13NO/c1-3-5-9-14-11-13-8-6-7-12(4-2)10-13;1-10-6-11(13)8-12(7-10)16-5-3-2-4-14-9-15;1-4-6-7(5-2)8(10)9-3/h6-8,10,14H,3-5,9,11H2,1-2H3;6-9H,2-5H2,1H3,(H,14,15);1,7H,5-6H2,2-3H3,(H,9,10). The summed E-state index contributed by atoms with van der Waals surface area (Å²) >= 11 is 0. The van der Waals surface area contributed by atoms with Gasteiger partial charge in [0.25, 0.3) is 0 Å². The van der Waals surface area contributed by atoms with Crippen molar-refractivity contribution in [3.63, 3.8) is 0 Å². The molecule has 0 saturated heterocycles. The monoisotopic (exact) mass is 555 g/mol. The lowest BCUT2D eigenvalue weighted by Gasteiger charge is -2.07. The lowest BCUT2D eigenvalue weighted by atomic mass is 10.0. The van der Waals surface area contributed by atoms with Gasteiger partial charge in [-0.1, -0.05) is 51.5 Å². The number of amides is 2. The summed E-state index contributed by atoms with van der Waals surface area (Å²) in [5.74, 6) is 2.79. The molecule has 0 saturated carbocycles. The number of halogens is 1. The molecule has 0 radical (unpaired) electrons. The van der Waals surface area contributed by atoms with Crippen LogP contribution in [0.2, 0.25) is 0 Å². The van der Waals surface area contributed by atoms with E-state index >= 15 is 0 Å². The van der Waals surface area contributed by atoms with Gasteiger partial charge >= 0.3 is 0 Å². The average Bonchev–Trinajstić information content (AvgIpc) is 2.96. The van der Waals surface area contributed by atoms with E-state index in [0.717, 1.165) is 44.3 Å². The quantitative estimate of drug-likeness (QED) is 0.136. The number of hydrogen-bond acceptors (Lipinski definition) is 4. The predicted octanol–water partition coefficient (Wildman–Crippen LogP) is 5.96. The number of nitrogens with one attached hydrogen (secondary N) is 3. The van der Waals surface area contributed by atoms with Crippen LogP contribution < -0.4 is 20.7 Å². The first-order valence-corrected chi connectivity index (χ1v) is 14.4. The Balaban J connectivity index is 0.000000587. The summed E-state index contributed by atoms with van der Waals surface area (Å²) in [5, 5.41) is 8.59. The van der Waals surface area contributed by atoms with Gasteiger partial charge in [-0.05, 0) is 74.4 Å². The van der Waals surface area contributed by atoms with Crippen LogP contribution in [0.3, 0.4) is 0 Å². The number of benzene rings is 2. The van der Waals surface area contributed by atoms with Crippen molar-refractivity contribution >= 4 is 12.3 Å². The van der Waals surface area contributed by atoms with Crippen molar-refractivity contribution in [1.82, 2.24) is 16.0 Å². The van der Waals surface area contributed by atoms with E-state index in [0.29, 0.717) is 31.7 Å². The van der Waals surface area contributed by atoms with E-state index in [4.69, 9.17) is 11.2 Å². The molecular weight excluding hydrogens is 505 g/mol. The number of unbranched alkanes of at least 4 members (excludes halogenated alkanes) is 2. The Labute approximate surface area is 241 Å². The van der Waals surface area contributed by atoms with Crippen LogP contribution in [0.5, 0.6) is 5.75 Å². The fourth-order valence-corrected chi connectivity index (χ4v) is 3.63. The number of hydrogen-bond donors (Lipinski definition) is 3. The van der Waals surface area contributed by atoms with Crippen molar-refractivity contribution in [2.75, 3.05) is 26.7 Å². The van der Waals surface area contributed by atoms with E-state index in [2.05, 4.69) is 60.0 Å². The van der Waals surface area contributed by atoms with Crippen LogP contribution in [-0.2, 0) is 22.6 Å². The van der Waals surface area contributed by atoms with E-state index in [1.165, 1.54) is 36.1 Å². The summed E-state index contributed by atoms with van der Waals surface area (Å²) in [6.45, 7) is 11.5. The zero-order chi connectivity index (χ0) is 30.0. The maximum absolute atomic E-state index is 13.0. The molecule has 0 aliphatic heterocycles. The fraction of sp³-hybridized carbons (Fsp3) is 0.515. The molecule has 1 atom stereocenters. The summed E-state index contributed by atoms with van der Waals surface area (Å²) in [6.07, 6.45) is 12.4. The molecule has 222 valence electrons. The van der Waals surface area contributed by atoms with Crippen molar-refractivity contribution in [2.24, 2.45) is 5.92 Å². The maximum Gasteiger partial charge on any atom is 0.223 e. The zero-order valence-corrected chi connectivity index (χ0v) is 25.2. The molecule has 0 spiro atoms. The molecule has 1 unspecified atom stereocenters. The number of rotatable bonds is 16. The minimum Gasteiger partial charge on any atom is -0.493 e. The minimum absolute atomic E-state index is 0.00463. The van der Waals surface area contributed by atoms with Crippen molar-refractivity contribution < 1.29 is 18.7 Å². The van der Waals surface area contributed by atoms with Crippen LogP contribution in [0.1, 0.15) is 76.0 Å². The number of terminal acetylenes is 1. The van der Waals surface area contributed by atoms with Crippen molar-refractivity contribution in [3.05, 3.63) is 65.0 Å². The molecule has 0 heterocycles. The average molecular weight is 556 g/mol. The Bertz CT molecular complexity index is 971. The molecule has 0 aliphatic carbocycles. The number of carbonyl (C=O) groups excluding carboxylic acids is 2. The first kappa shape index (κ1) is 36.6. The van der Waals surface area contributed by atoms with Gasteiger partial charge in [-0.15, -0.1) is 12.3 Å². The third kappa shape index (κ3) is 18.8. The molecule has 2 amide bonds. The minimum atomic E-state index is -0.280. The van der Waals surface area contributed by atoms with Crippen molar-refractivity contribution in [2.45, 2.75) is 79.2 Å². The molecular formula is C33H50FN3O3. The molecule has 0 aliphatic rings. The number of aryl methyl sites for hydroxylation is 2. The molecule has 2 aromatic rings. The largest absolute Gasteiger partial charge is 0.493 e. The molecule has 40 heavy (non-hydrogen) atoms. The van der Waals surface area contributed by atoms with Crippen LogP contribution in [0, 0.1) is 31.0 Å². The van der Waals surface area contributed by atoms with Crippen LogP contribution >= 0.6 is 0 Å². The Morgan fingerprint density at radius 1 is 1.07 bits per heavy atom. The summed E-state index contributed by atoms with van der Waals surface area (Å²) in [7, 11) is 1.63. The highest BCUT2D eigenvalue weighted by molar-refractivity contribution is 5.78. The second-order valence-corrected chi connectivity index (χ2v) is 9.42. The fourth-order valence-electron chi connectivity index (χ4n) is 3.63. The van der Waals surface area contributed by atoms with Gasteiger partial charge in [0, 0.05) is 38.5 Å². The summed E-state index contributed by atoms with van der Waals surface area (Å²) < 4.78 is 18.4. The van der Waals surface area contributed by atoms with Crippen molar-refractivity contribution in [1.29, 1.82) is 0 Å². The molecule has 6 nitrogen and oxygen atoms in total. The first-order chi connectivity index (χ1) is 19.3. The summed E-state index contributed by atoms with van der Waals surface area (Å²) in [4.78, 5) is 20.9. The number of ether oxygens (including phenoxy) is 1. The third-order valence-corrected chi connectivity index (χ3v) is 5.99. The van der Waals surface area contributed by atoms with Gasteiger partial charge in [-0.2, -0.15) is 0 Å². The van der Waals surface area contributed by atoms with Gasteiger partial charge in [0.05, 0.1) is 6.61 Å². The van der Waals surface area contributed by atoms with Crippen molar-refractivity contribution in [3.8, 4) is 18.1 Å². The molecule has 3 N–H and O–H groups in total. The summed E-state index contributed by atoms with van der Waals surface area (Å²) in [5.41, 5.74) is 3.68. The highest BCUT2D eigenvalue weighted by atomic mass is 19.1. The molecule has 2 aromatic carbocycles. The van der Waals surface area contributed by atoms with Gasteiger partial charge in [-0.25, -0.2) is 4.39 Å². The summed E-state index contributed by atoms with van der Waals surface area (Å²) in [6, 6.07) is 13.5. The van der Waals surface area contributed by atoms with Gasteiger partial charge in [0.1, 0.15) is 11.6 Å². The highest BCUT2D eigenvalue weighted by Gasteiger charge is 2.12. The Kier molecular flexibility index (Phi) is 22.6. The first-order valence-electron chi connectivity index (χ1n) is 14.4. The molecule has 0 aromatic heterocycles. The number of carbonyl (C=O) groups is 2. The third-order valence-electron chi connectivity index (χ3n) is 5.99. The topological polar surface area (TPSA) is 79.5 Å². The SMILES string of the molecule is C#CCC(CC)C(=O)NC.CCCCNCc1cccc(CC)c1.Cc1cc(F)cc(OCCCCNC=O)c1. The van der Waals surface area contributed by atoms with Crippen LogP contribution in [-0.4, -0.2) is 39.1 Å². The Hall–Kier alpha value is -3.37. The van der Waals surface area contributed by atoms with E-state index in [9.17, 15) is 14.0 Å². The van der Waals surface area contributed by atoms with E-state index in [-0.39, 0.29) is 17.6 Å². The Morgan fingerprint density at radius 3 is 2.42 bits per heavy atom. The normalized spacial score (nSPS) is 10.5. The highest BCUT2D eigenvalue weighted by Crippen LogP contribution is 2.16.